The zero-order chi connectivity index (χ0) is 14.4. The van der Waals surface area contributed by atoms with Crippen LogP contribution in [-0.2, 0) is 6.42 Å². The Balaban J connectivity index is 1.64. The highest BCUT2D eigenvalue weighted by molar-refractivity contribution is 6.30. The average Bonchev–Trinajstić information content (AvgIpc) is 3.25. The predicted octanol–water partition coefficient (Wildman–Crippen LogP) is 4.58. The first kappa shape index (κ1) is 13.4. The molecule has 0 heterocycles. The second kappa shape index (κ2) is 5.15. The topological polar surface area (TPSA) is 12.0 Å². The van der Waals surface area contributed by atoms with Gasteiger partial charge < -0.3 is 5.32 Å². The molecule has 2 aromatic rings. The molecular weight excluding hydrogens is 278 g/mol. The van der Waals surface area contributed by atoms with Gasteiger partial charge in [0.1, 0.15) is 0 Å². The Morgan fingerprint density at radius 2 is 1.86 bits per heavy atom. The van der Waals surface area contributed by atoms with Crippen LogP contribution in [0, 0.1) is 11.8 Å². The van der Waals surface area contributed by atoms with Crippen molar-refractivity contribution in [1.29, 1.82) is 0 Å². The lowest BCUT2D eigenvalue weighted by Crippen LogP contribution is -2.19. The Bertz CT molecular complexity index is 649. The Labute approximate surface area is 131 Å². The minimum Gasteiger partial charge on any atom is -0.313 e. The molecule has 0 aromatic heterocycles. The standard InChI is InChI=1S/C19H20ClN/c1-21-19(13-6-9-14(20)10-7-13)18-16-11-8-12-4-2-3-5-15(12)17(16)18/h2-7,9-10,16-19,21H,8,11H2,1H3. The molecule has 2 heteroatoms. The van der Waals surface area contributed by atoms with Gasteiger partial charge >= 0.3 is 0 Å². The summed E-state index contributed by atoms with van der Waals surface area (Å²) in [4.78, 5) is 0. The highest BCUT2D eigenvalue weighted by Gasteiger charge is 2.56. The van der Waals surface area contributed by atoms with E-state index >= 15 is 0 Å². The van der Waals surface area contributed by atoms with Crippen LogP contribution >= 0.6 is 11.6 Å². The number of benzene rings is 2. The average molecular weight is 298 g/mol. The van der Waals surface area contributed by atoms with Crippen molar-refractivity contribution in [3.05, 3.63) is 70.2 Å². The van der Waals surface area contributed by atoms with Crippen molar-refractivity contribution in [1.82, 2.24) is 5.32 Å². The molecule has 21 heavy (non-hydrogen) atoms. The van der Waals surface area contributed by atoms with Crippen LogP contribution in [0.1, 0.15) is 35.1 Å². The van der Waals surface area contributed by atoms with Gasteiger partial charge in [-0.1, -0.05) is 48.0 Å². The predicted molar refractivity (Wildman–Crippen MR) is 87.7 cm³/mol. The molecule has 0 aliphatic heterocycles. The van der Waals surface area contributed by atoms with Crippen molar-refractivity contribution in [3.8, 4) is 0 Å². The number of fused-ring (bicyclic) bond motifs is 3. The summed E-state index contributed by atoms with van der Waals surface area (Å²) in [6.45, 7) is 0. The zero-order valence-electron chi connectivity index (χ0n) is 12.2. The van der Waals surface area contributed by atoms with Crippen LogP contribution in [0.5, 0.6) is 0 Å². The Kier molecular flexibility index (Phi) is 3.28. The van der Waals surface area contributed by atoms with Crippen LogP contribution in [0.4, 0.5) is 0 Å². The Morgan fingerprint density at radius 3 is 2.62 bits per heavy atom. The number of rotatable bonds is 3. The van der Waals surface area contributed by atoms with Gasteiger partial charge in [0.05, 0.1) is 0 Å². The lowest BCUT2D eigenvalue weighted by Gasteiger charge is -2.17. The molecule has 0 saturated heterocycles. The van der Waals surface area contributed by atoms with Gasteiger partial charge in [0, 0.05) is 11.1 Å². The second-order valence-electron chi connectivity index (χ2n) is 6.32. The monoisotopic (exact) mass is 297 g/mol. The first-order valence-corrected chi connectivity index (χ1v) is 8.18. The summed E-state index contributed by atoms with van der Waals surface area (Å²) in [5.74, 6) is 2.30. The maximum Gasteiger partial charge on any atom is 0.0406 e. The van der Waals surface area contributed by atoms with Crippen LogP contribution in [-0.4, -0.2) is 7.05 Å². The molecule has 1 N–H and O–H groups in total. The van der Waals surface area contributed by atoms with Crippen LogP contribution < -0.4 is 5.32 Å². The molecular formula is C19H20ClN. The van der Waals surface area contributed by atoms with E-state index in [1.807, 2.05) is 12.1 Å². The van der Waals surface area contributed by atoms with E-state index in [4.69, 9.17) is 11.6 Å². The van der Waals surface area contributed by atoms with Gasteiger partial charge in [-0.3, -0.25) is 0 Å². The van der Waals surface area contributed by atoms with Crippen LogP contribution in [0.15, 0.2) is 48.5 Å². The minimum absolute atomic E-state index is 0.434. The third kappa shape index (κ3) is 2.20. The molecule has 1 nitrogen and oxygen atoms in total. The SMILES string of the molecule is CNC(c1ccc(Cl)cc1)C1C2CCc3ccccc3C21. The van der Waals surface area contributed by atoms with Crippen molar-refractivity contribution in [3.63, 3.8) is 0 Å². The van der Waals surface area contributed by atoms with Gasteiger partial charge in [0.15, 0.2) is 0 Å². The first-order valence-electron chi connectivity index (χ1n) is 7.80. The maximum absolute atomic E-state index is 6.02. The molecule has 0 bridgehead atoms. The molecule has 0 spiro atoms. The summed E-state index contributed by atoms with van der Waals surface area (Å²) in [5, 5.41) is 4.36. The van der Waals surface area contributed by atoms with Crippen molar-refractivity contribution >= 4 is 11.6 Å². The van der Waals surface area contributed by atoms with Crippen LogP contribution in [0.25, 0.3) is 0 Å². The quantitative estimate of drug-likeness (QED) is 0.874. The summed E-state index contributed by atoms with van der Waals surface area (Å²) in [6.07, 6.45) is 2.57. The molecule has 4 rings (SSSR count). The molecule has 4 atom stereocenters. The molecule has 108 valence electrons. The van der Waals surface area contributed by atoms with E-state index in [-0.39, 0.29) is 0 Å². The minimum atomic E-state index is 0.434. The van der Waals surface area contributed by atoms with Crippen molar-refractivity contribution in [2.24, 2.45) is 11.8 Å². The molecule has 2 aliphatic rings. The summed E-state index contributed by atoms with van der Waals surface area (Å²) in [5.41, 5.74) is 4.51. The maximum atomic E-state index is 6.02. The Hall–Kier alpha value is -1.31. The molecule has 0 radical (unpaired) electrons. The molecule has 2 aromatic carbocycles. The normalized spacial score (nSPS) is 27.6. The third-order valence-electron chi connectivity index (χ3n) is 5.32. The molecule has 4 unspecified atom stereocenters. The van der Waals surface area contributed by atoms with Crippen molar-refractivity contribution < 1.29 is 0 Å². The lowest BCUT2D eigenvalue weighted by molar-refractivity contribution is 0.485. The molecule has 2 aliphatic carbocycles. The smallest absolute Gasteiger partial charge is 0.0406 e. The molecule has 0 amide bonds. The zero-order valence-corrected chi connectivity index (χ0v) is 13.0. The summed E-state index contributed by atoms with van der Waals surface area (Å²) < 4.78 is 0. The van der Waals surface area contributed by atoms with Crippen molar-refractivity contribution in [2.75, 3.05) is 7.05 Å². The first-order chi connectivity index (χ1) is 10.3. The third-order valence-corrected chi connectivity index (χ3v) is 5.57. The lowest BCUT2D eigenvalue weighted by atomic mass is 9.92. The largest absolute Gasteiger partial charge is 0.313 e. The van der Waals surface area contributed by atoms with E-state index in [9.17, 15) is 0 Å². The highest BCUT2D eigenvalue weighted by Crippen LogP contribution is 2.64. The fourth-order valence-electron chi connectivity index (χ4n) is 4.33. The van der Waals surface area contributed by atoms with E-state index < -0.39 is 0 Å². The number of hydrogen-bond acceptors (Lipinski definition) is 1. The van der Waals surface area contributed by atoms with Gasteiger partial charge in [-0.15, -0.1) is 0 Å². The van der Waals surface area contributed by atoms with Crippen LogP contribution in [0.3, 0.4) is 0 Å². The van der Waals surface area contributed by atoms with Gasteiger partial charge in [0.25, 0.3) is 0 Å². The summed E-state index contributed by atoms with van der Waals surface area (Å²) in [6, 6.07) is 17.8. The van der Waals surface area contributed by atoms with Gasteiger partial charge in [-0.25, -0.2) is 0 Å². The van der Waals surface area contributed by atoms with E-state index in [2.05, 4.69) is 48.8 Å². The summed E-state index contributed by atoms with van der Waals surface area (Å²) in [7, 11) is 2.08. The number of hydrogen-bond donors (Lipinski definition) is 1. The van der Waals surface area contributed by atoms with E-state index in [0.717, 1.165) is 22.8 Å². The van der Waals surface area contributed by atoms with Gasteiger partial charge in [-0.05, 0) is 66.5 Å². The van der Waals surface area contributed by atoms with Crippen LogP contribution in [0.2, 0.25) is 5.02 Å². The van der Waals surface area contributed by atoms with Gasteiger partial charge in [0.2, 0.25) is 0 Å². The van der Waals surface area contributed by atoms with Crippen molar-refractivity contribution in [2.45, 2.75) is 24.8 Å². The van der Waals surface area contributed by atoms with Gasteiger partial charge in [-0.2, -0.15) is 0 Å². The van der Waals surface area contributed by atoms with E-state index in [1.165, 1.54) is 18.4 Å². The highest BCUT2D eigenvalue weighted by atomic mass is 35.5. The number of aryl methyl sites for hydroxylation is 1. The summed E-state index contributed by atoms with van der Waals surface area (Å²) >= 11 is 6.02. The fourth-order valence-corrected chi connectivity index (χ4v) is 4.45. The molecule has 1 fully saturated rings. The van der Waals surface area contributed by atoms with E-state index in [1.54, 1.807) is 11.1 Å². The molecule has 1 saturated carbocycles. The second-order valence-corrected chi connectivity index (χ2v) is 6.76. The fraction of sp³-hybridized carbons (Fsp3) is 0.368. The Morgan fingerprint density at radius 1 is 1.10 bits per heavy atom. The number of nitrogens with one attached hydrogen (secondary N) is 1. The van der Waals surface area contributed by atoms with E-state index in [0.29, 0.717) is 6.04 Å². The number of halogens is 1.